The molecule has 3 rings (SSSR count). The van der Waals surface area contributed by atoms with Gasteiger partial charge in [0.1, 0.15) is 5.15 Å². The largest absolute Gasteiger partial charge is 0.228 e. The van der Waals surface area contributed by atoms with E-state index in [1.807, 2.05) is 24.8 Å². The Balaban J connectivity index is 2.07. The first kappa shape index (κ1) is 13.5. The molecule has 0 saturated carbocycles. The second-order valence-electron chi connectivity index (χ2n) is 4.48. The Bertz CT molecular complexity index is 750. The molecule has 0 radical (unpaired) electrons. The number of aromatic nitrogens is 3. The van der Waals surface area contributed by atoms with Crippen molar-refractivity contribution in [3.63, 3.8) is 0 Å². The molecule has 0 saturated heterocycles. The third kappa shape index (κ3) is 2.41. The molecular formula is C15H14ClN3S. The minimum atomic E-state index is 0.574. The van der Waals surface area contributed by atoms with Crippen LogP contribution < -0.4 is 0 Å². The zero-order valence-corrected chi connectivity index (χ0v) is 12.9. The molecule has 0 amide bonds. The van der Waals surface area contributed by atoms with Crippen LogP contribution in [-0.4, -0.2) is 20.4 Å². The maximum Gasteiger partial charge on any atom is 0.160 e. The molecule has 20 heavy (non-hydrogen) atoms. The van der Waals surface area contributed by atoms with Crippen LogP contribution >= 0.6 is 23.4 Å². The van der Waals surface area contributed by atoms with Crippen LogP contribution in [0.1, 0.15) is 12.5 Å². The molecule has 3 nitrogen and oxygen atoms in total. The average Bonchev–Trinajstić information content (AvgIpc) is 2.82. The number of hydrogen-bond donors (Lipinski definition) is 0. The van der Waals surface area contributed by atoms with E-state index in [-0.39, 0.29) is 0 Å². The number of thioether (sulfide) groups is 1. The Kier molecular flexibility index (Phi) is 3.68. The van der Waals surface area contributed by atoms with Crippen LogP contribution in [0.5, 0.6) is 0 Å². The van der Waals surface area contributed by atoms with E-state index in [1.54, 1.807) is 10.7 Å². The lowest BCUT2D eigenvalue weighted by atomic mass is 10.1. The molecule has 102 valence electrons. The fraction of sp³-hybridized carbons (Fsp3) is 0.200. The first-order valence-corrected chi connectivity index (χ1v) is 7.79. The molecule has 3 aromatic rings. The van der Waals surface area contributed by atoms with Gasteiger partial charge < -0.3 is 0 Å². The summed E-state index contributed by atoms with van der Waals surface area (Å²) in [6.45, 7) is 4.13. The van der Waals surface area contributed by atoms with Crippen LogP contribution in [0.25, 0.3) is 16.9 Å². The first-order valence-electron chi connectivity index (χ1n) is 6.43. The summed E-state index contributed by atoms with van der Waals surface area (Å²) in [5, 5.41) is 4.78. The molecule has 0 atom stereocenters. The van der Waals surface area contributed by atoms with Gasteiger partial charge in [-0.15, -0.1) is 11.8 Å². The topological polar surface area (TPSA) is 30.2 Å². The summed E-state index contributed by atoms with van der Waals surface area (Å²) >= 11 is 8.09. The van der Waals surface area contributed by atoms with E-state index >= 15 is 0 Å². The zero-order chi connectivity index (χ0) is 14.1. The molecule has 0 unspecified atom stereocenters. The number of fused-ring (bicyclic) bond motifs is 1. The predicted octanol–water partition coefficient (Wildman–Crippen LogP) is 4.47. The number of rotatable bonds is 3. The van der Waals surface area contributed by atoms with Gasteiger partial charge in [0, 0.05) is 22.1 Å². The minimum Gasteiger partial charge on any atom is -0.228 e. The molecule has 0 aliphatic rings. The van der Waals surface area contributed by atoms with Crippen molar-refractivity contribution < 1.29 is 0 Å². The first-order chi connectivity index (χ1) is 9.69. The van der Waals surface area contributed by atoms with Crippen molar-refractivity contribution in [3.05, 3.63) is 47.2 Å². The van der Waals surface area contributed by atoms with Crippen molar-refractivity contribution in [2.75, 3.05) is 5.75 Å². The van der Waals surface area contributed by atoms with E-state index in [4.69, 9.17) is 11.6 Å². The van der Waals surface area contributed by atoms with Crippen LogP contribution in [0, 0.1) is 6.92 Å². The van der Waals surface area contributed by atoms with Crippen LogP contribution in [0.4, 0.5) is 0 Å². The monoisotopic (exact) mass is 303 g/mol. The summed E-state index contributed by atoms with van der Waals surface area (Å²) in [7, 11) is 0. The van der Waals surface area contributed by atoms with E-state index in [9.17, 15) is 0 Å². The van der Waals surface area contributed by atoms with Gasteiger partial charge in [0.05, 0.1) is 11.9 Å². The predicted molar refractivity (Wildman–Crippen MR) is 84.6 cm³/mol. The van der Waals surface area contributed by atoms with Gasteiger partial charge in [-0.2, -0.15) is 5.10 Å². The van der Waals surface area contributed by atoms with Crippen LogP contribution in [0.15, 0.2) is 41.4 Å². The molecule has 1 aromatic carbocycles. The van der Waals surface area contributed by atoms with Crippen LogP contribution in [0.3, 0.4) is 0 Å². The summed E-state index contributed by atoms with van der Waals surface area (Å²) in [5.74, 6) is 1.07. The maximum absolute atomic E-state index is 6.26. The summed E-state index contributed by atoms with van der Waals surface area (Å²) < 4.78 is 1.65. The second kappa shape index (κ2) is 5.46. The number of hydrogen-bond acceptors (Lipinski definition) is 3. The molecule has 2 aromatic heterocycles. The van der Waals surface area contributed by atoms with Crippen molar-refractivity contribution in [3.8, 4) is 11.3 Å². The lowest BCUT2D eigenvalue weighted by Gasteiger charge is -2.05. The zero-order valence-electron chi connectivity index (χ0n) is 11.3. The third-order valence-corrected chi connectivity index (χ3v) is 4.23. The molecule has 0 bridgehead atoms. The van der Waals surface area contributed by atoms with Crippen LogP contribution in [0.2, 0.25) is 5.15 Å². The van der Waals surface area contributed by atoms with Gasteiger partial charge in [0.25, 0.3) is 0 Å². The maximum atomic E-state index is 6.26. The van der Waals surface area contributed by atoms with Gasteiger partial charge in [-0.25, -0.2) is 9.50 Å². The van der Waals surface area contributed by atoms with Crippen molar-refractivity contribution in [1.29, 1.82) is 0 Å². The van der Waals surface area contributed by atoms with Crippen molar-refractivity contribution in [2.45, 2.75) is 18.7 Å². The van der Waals surface area contributed by atoms with Gasteiger partial charge in [0.2, 0.25) is 0 Å². The van der Waals surface area contributed by atoms with Crippen LogP contribution in [-0.2, 0) is 0 Å². The highest BCUT2D eigenvalue weighted by molar-refractivity contribution is 7.99. The Morgan fingerprint density at radius 3 is 2.70 bits per heavy atom. The van der Waals surface area contributed by atoms with Crippen molar-refractivity contribution in [1.82, 2.24) is 14.6 Å². The van der Waals surface area contributed by atoms with Crippen molar-refractivity contribution >= 4 is 29.0 Å². The SMILES string of the molecule is CCSc1ccc(-c2cc(Cl)n3ncc(C)c3n2)cc1. The molecule has 2 heterocycles. The van der Waals surface area contributed by atoms with E-state index in [2.05, 4.69) is 41.3 Å². The quantitative estimate of drug-likeness (QED) is 0.528. The molecule has 0 fully saturated rings. The highest BCUT2D eigenvalue weighted by atomic mass is 35.5. The summed E-state index contributed by atoms with van der Waals surface area (Å²) in [5.41, 5.74) is 3.76. The molecule has 5 heteroatoms. The second-order valence-corrected chi connectivity index (χ2v) is 6.21. The van der Waals surface area contributed by atoms with E-state index in [0.29, 0.717) is 5.15 Å². The fourth-order valence-electron chi connectivity index (χ4n) is 2.07. The number of halogens is 1. The van der Waals surface area contributed by atoms with Gasteiger partial charge >= 0.3 is 0 Å². The molecular weight excluding hydrogens is 290 g/mol. The highest BCUT2D eigenvalue weighted by Gasteiger charge is 2.09. The Morgan fingerprint density at radius 2 is 2.00 bits per heavy atom. The van der Waals surface area contributed by atoms with Gasteiger partial charge in [-0.1, -0.05) is 30.7 Å². The van der Waals surface area contributed by atoms with Gasteiger partial charge in [-0.3, -0.25) is 0 Å². The molecule has 0 aliphatic heterocycles. The lowest BCUT2D eigenvalue weighted by molar-refractivity contribution is 0.942. The van der Waals surface area contributed by atoms with E-state index in [0.717, 1.165) is 28.2 Å². The Hall–Kier alpha value is -1.52. The van der Waals surface area contributed by atoms with E-state index < -0.39 is 0 Å². The molecule has 0 aliphatic carbocycles. The summed E-state index contributed by atoms with van der Waals surface area (Å²) in [6, 6.07) is 10.2. The standard InChI is InChI=1S/C15H14ClN3S/c1-3-20-12-6-4-11(5-7-12)13-8-14(16)19-15(18-13)10(2)9-17-19/h4-9H,3H2,1-2H3. The lowest BCUT2D eigenvalue weighted by Crippen LogP contribution is -1.95. The van der Waals surface area contributed by atoms with Gasteiger partial charge in [0.15, 0.2) is 5.65 Å². The number of nitrogens with zero attached hydrogens (tertiary/aromatic N) is 3. The number of aryl methyl sites for hydroxylation is 1. The highest BCUT2D eigenvalue weighted by Crippen LogP contribution is 2.26. The Labute approximate surface area is 127 Å². The minimum absolute atomic E-state index is 0.574. The normalized spacial score (nSPS) is 11.2. The van der Waals surface area contributed by atoms with Gasteiger partial charge in [-0.05, 0) is 24.8 Å². The molecule has 0 spiro atoms. The summed E-state index contributed by atoms with van der Waals surface area (Å²) in [6.07, 6.45) is 1.78. The third-order valence-electron chi connectivity index (χ3n) is 3.07. The van der Waals surface area contributed by atoms with E-state index in [1.165, 1.54) is 4.90 Å². The number of benzene rings is 1. The Morgan fingerprint density at radius 1 is 1.25 bits per heavy atom. The molecule has 0 N–H and O–H groups in total. The average molecular weight is 304 g/mol. The smallest absolute Gasteiger partial charge is 0.160 e. The fourth-order valence-corrected chi connectivity index (χ4v) is 2.96. The summed E-state index contributed by atoms with van der Waals surface area (Å²) in [4.78, 5) is 5.92. The van der Waals surface area contributed by atoms with Crippen molar-refractivity contribution in [2.24, 2.45) is 0 Å².